The number of carbonyl (C=O) groups is 3. The van der Waals surface area contributed by atoms with Gasteiger partial charge in [0.05, 0.1) is 18.4 Å². The van der Waals surface area contributed by atoms with Crippen LogP contribution in [0.15, 0.2) is 0 Å². The minimum Gasteiger partial charge on any atom is -0.480 e. The maximum Gasteiger partial charge on any atom is 0.326 e. The number of aliphatic carboxylic acids is 1. The fourth-order valence-corrected chi connectivity index (χ4v) is 2.03. The zero-order chi connectivity index (χ0) is 13.7. The summed E-state index contributed by atoms with van der Waals surface area (Å²) >= 11 is 0. The molecule has 18 heavy (non-hydrogen) atoms. The van der Waals surface area contributed by atoms with E-state index in [-0.39, 0.29) is 12.0 Å². The van der Waals surface area contributed by atoms with Crippen LogP contribution in [-0.2, 0) is 19.1 Å². The molecule has 7 nitrogen and oxygen atoms in total. The van der Waals surface area contributed by atoms with Crippen LogP contribution in [0.2, 0.25) is 0 Å². The lowest BCUT2D eigenvalue weighted by Crippen LogP contribution is -2.47. The van der Waals surface area contributed by atoms with Crippen LogP contribution in [0.25, 0.3) is 0 Å². The van der Waals surface area contributed by atoms with E-state index >= 15 is 0 Å². The van der Waals surface area contributed by atoms with Crippen molar-refractivity contribution in [3.05, 3.63) is 0 Å². The zero-order valence-corrected chi connectivity index (χ0v) is 10.2. The summed E-state index contributed by atoms with van der Waals surface area (Å²) in [6.45, 7) is 2.39. The highest BCUT2D eigenvalue weighted by molar-refractivity contribution is 5.89. The third-order valence-electron chi connectivity index (χ3n) is 2.97. The first-order valence-corrected chi connectivity index (χ1v) is 5.88. The molecule has 0 spiro atoms. The fraction of sp³-hybridized carbons (Fsp3) is 0.727. The van der Waals surface area contributed by atoms with Gasteiger partial charge in [-0.1, -0.05) is 6.92 Å². The van der Waals surface area contributed by atoms with Crippen LogP contribution < -0.4 is 11.1 Å². The van der Waals surface area contributed by atoms with E-state index in [0.717, 1.165) is 0 Å². The average molecular weight is 258 g/mol. The summed E-state index contributed by atoms with van der Waals surface area (Å²) in [7, 11) is 0. The summed E-state index contributed by atoms with van der Waals surface area (Å²) in [6.07, 6.45) is 0.651. The summed E-state index contributed by atoms with van der Waals surface area (Å²) in [4.78, 5) is 33.5. The summed E-state index contributed by atoms with van der Waals surface area (Å²) < 4.78 is 5.36. The van der Waals surface area contributed by atoms with Gasteiger partial charge in [0.2, 0.25) is 11.8 Å². The van der Waals surface area contributed by atoms with E-state index in [4.69, 9.17) is 15.6 Å². The Labute approximate surface area is 105 Å². The van der Waals surface area contributed by atoms with Crippen molar-refractivity contribution in [3.63, 3.8) is 0 Å². The highest BCUT2D eigenvalue weighted by atomic mass is 16.5. The highest BCUT2D eigenvalue weighted by Crippen LogP contribution is 2.23. The summed E-state index contributed by atoms with van der Waals surface area (Å²) in [5.41, 5.74) is 4.94. The monoisotopic (exact) mass is 258 g/mol. The molecular weight excluding hydrogens is 240 g/mol. The first kappa shape index (κ1) is 14.4. The Hall–Kier alpha value is -1.63. The second-order valence-electron chi connectivity index (χ2n) is 4.28. The lowest BCUT2D eigenvalue weighted by atomic mass is 9.98. The molecule has 0 saturated carbocycles. The maximum atomic E-state index is 11.9. The van der Waals surface area contributed by atoms with Crippen molar-refractivity contribution in [2.45, 2.75) is 38.3 Å². The Kier molecular flexibility index (Phi) is 5.08. The third-order valence-corrected chi connectivity index (χ3v) is 2.97. The minimum absolute atomic E-state index is 0.187. The van der Waals surface area contributed by atoms with Crippen LogP contribution in [0.3, 0.4) is 0 Å². The number of ether oxygens (including phenoxy) is 1. The summed E-state index contributed by atoms with van der Waals surface area (Å²) in [5, 5.41) is 11.2. The number of carboxylic acids is 1. The molecule has 1 aliphatic rings. The molecule has 2 amide bonds. The van der Waals surface area contributed by atoms with Crippen LogP contribution in [-0.4, -0.2) is 41.6 Å². The molecule has 1 fully saturated rings. The number of nitrogens with two attached hydrogens (primary N) is 1. The van der Waals surface area contributed by atoms with E-state index in [1.54, 1.807) is 0 Å². The Balaban J connectivity index is 2.60. The van der Waals surface area contributed by atoms with Gasteiger partial charge < -0.3 is 20.9 Å². The van der Waals surface area contributed by atoms with Gasteiger partial charge in [-0.25, -0.2) is 4.79 Å². The summed E-state index contributed by atoms with van der Waals surface area (Å²) in [5.74, 6) is -2.79. The Bertz CT molecular complexity index is 344. The van der Waals surface area contributed by atoms with Gasteiger partial charge in [-0.05, 0) is 12.8 Å². The molecule has 0 bridgehead atoms. The number of amides is 2. The van der Waals surface area contributed by atoms with Gasteiger partial charge in [0.25, 0.3) is 0 Å². The van der Waals surface area contributed by atoms with Crippen LogP contribution >= 0.6 is 0 Å². The first-order valence-electron chi connectivity index (χ1n) is 5.88. The van der Waals surface area contributed by atoms with Gasteiger partial charge in [0.1, 0.15) is 6.04 Å². The van der Waals surface area contributed by atoms with Crippen LogP contribution in [0.4, 0.5) is 0 Å². The highest BCUT2D eigenvalue weighted by Gasteiger charge is 2.35. The van der Waals surface area contributed by atoms with Gasteiger partial charge in [0, 0.05) is 6.61 Å². The number of carbonyl (C=O) groups excluding carboxylic acids is 2. The van der Waals surface area contributed by atoms with E-state index in [0.29, 0.717) is 19.4 Å². The van der Waals surface area contributed by atoms with Crippen molar-refractivity contribution in [2.24, 2.45) is 11.7 Å². The zero-order valence-electron chi connectivity index (χ0n) is 10.2. The smallest absolute Gasteiger partial charge is 0.326 e. The van der Waals surface area contributed by atoms with Crippen molar-refractivity contribution < 1.29 is 24.2 Å². The van der Waals surface area contributed by atoms with E-state index < -0.39 is 30.2 Å². The molecule has 1 heterocycles. The summed E-state index contributed by atoms with van der Waals surface area (Å²) in [6, 6.07) is -1.27. The number of hydrogen-bond acceptors (Lipinski definition) is 4. The number of carboxylic acid groups (broad SMARTS) is 1. The van der Waals surface area contributed by atoms with Gasteiger partial charge >= 0.3 is 5.97 Å². The molecule has 102 valence electrons. The van der Waals surface area contributed by atoms with Gasteiger partial charge in [-0.3, -0.25) is 9.59 Å². The molecule has 4 N–H and O–H groups in total. The molecule has 0 aromatic carbocycles. The normalized spacial score (nSPS) is 24.5. The Morgan fingerprint density at radius 1 is 1.50 bits per heavy atom. The predicted octanol–water partition coefficient (Wildman–Crippen LogP) is -0.754. The van der Waals surface area contributed by atoms with Crippen LogP contribution in [0.5, 0.6) is 0 Å². The second-order valence-corrected chi connectivity index (χ2v) is 4.28. The van der Waals surface area contributed by atoms with E-state index in [9.17, 15) is 14.4 Å². The van der Waals surface area contributed by atoms with Gasteiger partial charge in [0.15, 0.2) is 0 Å². The van der Waals surface area contributed by atoms with E-state index in [2.05, 4.69) is 5.32 Å². The number of primary amides is 1. The molecule has 2 unspecified atom stereocenters. The average Bonchev–Trinajstić information content (AvgIpc) is 2.75. The largest absolute Gasteiger partial charge is 0.480 e. The van der Waals surface area contributed by atoms with E-state index in [1.807, 2.05) is 6.92 Å². The van der Waals surface area contributed by atoms with Crippen molar-refractivity contribution in [1.82, 2.24) is 5.32 Å². The predicted molar refractivity (Wildman–Crippen MR) is 61.5 cm³/mol. The molecule has 3 atom stereocenters. The van der Waals surface area contributed by atoms with Crippen molar-refractivity contribution in [3.8, 4) is 0 Å². The SMILES string of the molecule is CCC1OCCC1C(=O)N[C@@H](CC(N)=O)C(=O)O. The quantitative estimate of drug-likeness (QED) is 0.579. The number of nitrogens with one attached hydrogen (secondary N) is 1. The third kappa shape index (κ3) is 3.69. The molecular formula is C11H18N2O5. The Morgan fingerprint density at radius 2 is 2.17 bits per heavy atom. The van der Waals surface area contributed by atoms with Gasteiger partial charge in [-0.2, -0.15) is 0 Å². The van der Waals surface area contributed by atoms with Gasteiger partial charge in [-0.15, -0.1) is 0 Å². The number of rotatable bonds is 6. The topological polar surface area (TPSA) is 119 Å². The lowest BCUT2D eigenvalue weighted by Gasteiger charge is -2.19. The molecule has 1 saturated heterocycles. The molecule has 0 radical (unpaired) electrons. The first-order chi connectivity index (χ1) is 8.45. The van der Waals surface area contributed by atoms with Crippen molar-refractivity contribution in [1.29, 1.82) is 0 Å². The fourth-order valence-electron chi connectivity index (χ4n) is 2.03. The van der Waals surface area contributed by atoms with Crippen molar-refractivity contribution in [2.75, 3.05) is 6.61 Å². The molecule has 1 aliphatic heterocycles. The van der Waals surface area contributed by atoms with E-state index in [1.165, 1.54) is 0 Å². The standard InChI is InChI=1S/C11H18N2O5/c1-2-8-6(3-4-18-8)10(15)13-7(11(16)17)5-9(12)14/h6-8H,2-5H2,1H3,(H2,12,14)(H,13,15)(H,16,17)/t6?,7-,8?/m0/s1. The maximum absolute atomic E-state index is 11.9. The van der Waals surface area contributed by atoms with Crippen LogP contribution in [0, 0.1) is 5.92 Å². The Morgan fingerprint density at radius 3 is 2.67 bits per heavy atom. The molecule has 7 heteroatoms. The molecule has 0 aliphatic carbocycles. The number of hydrogen-bond donors (Lipinski definition) is 3. The lowest BCUT2D eigenvalue weighted by molar-refractivity contribution is -0.144. The van der Waals surface area contributed by atoms with Crippen molar-refractivity contribution >= 4 is 17.8 Å². The second kappa shape index (κ2) is 6.34. The minimum atomic E-state index is -1.27. The molecule has 0 aromatic rings. The molecule has 0 aromatic heterocycles. The molecule has 1 rings (SSSR count). The van der Waals surface area contributed by atoms with Crippen LogP contribution in [0.1, 0.15) is 26.2 Å².